The van der Waals surface area contributed by atoms with Crippen LogP contribution in [0, 0.1) is 0 Å². The van der Waals surface area contributed by atoms with Crippen LogP contribution in [0.5, 0.6) is 0 Å². The number of amides is 1. The molecule has 0 radical (unpaired) electrons. The van der Waals surface area contributed by atoms with E-state index < -0.39 is 0 Å². The molecule has 2 heterocycles. The number of rotatable bonds is 7. The molecule has 1 aromatic heterocycles. The number of nitrogens with zero attached hydrogens (tertiary/aromatic N) is 4. The van der Waals surface area contributed by atoms with E-state index in [4.69, 9.17) is 4.42 Å². The number of nitrogens with one attached hydrogen (secondary N) is 1. The van der Waals surface area contributed by atoms with Gasteiger partial charge in [-0.3, -0.25) is 15.0 Å². The van der Waals surface area contributed by atoms with E-state index >= 15 is 0 Å². The molecule has 0 atom stereocenters. The Morgan fingerprint density at radius 3 is 2.28 bits per heavy atom. The first kappa shape index (κ1) is 19.3. The van der Waals surface area contributed by atoms with Crippen LogP contribution < -0.4 is 5.32 Å². The molecule has 3 aromatic rings. The molecule has 0 bridgehead atoms. The number of carbonyl (C=O) groups is 1. The summed E-state index contributed by atoms with van der Waals surface area (Å²) in [5.41, 5.74) is 2.19. The minimum atomic E-state index is -0.133. The Hall–Kier alpha value is -3.03. The SMILES string of the molecule is O=C(CN1CCN(CCc2ccccc2)CC1)Nc1nnc(-c2ccccc2)o1. The van der Waals surface area contributed by atoms with Gasteiger partial charge in [-0.05, 0) is 24.1 Å². The van der Waals surface area contributed by atoms with Gasteiger partial charge in [0.05, 0.1) is 6.54 Å². The molecule has 4 rings (SSSR count). The van der Waals surface area contributed by atoms with Gasteiger partial charge in [0.2, 0.25) is 11.8 Å². The average Bonchev–Trinajstić information content (AvgIpc) is 3.23. The summed E-state index contributed by atoms with van der Waals surface area (Å²) < 4.78 is 5.54. The number of anilines is 1. The van der Waals surface area contributed by atoms with Crippen molar-refractivity contribution in [1.29, 1.82) is 0 Å². The van der Waals surface area contributed by atoms with Gasteiger partial charge < -0.3 is 9.32 Å². The van der Waals surface area contributed by atoms with Crippen molar-refractivity contribution in [2.24, 2.45) is 0 Å². The fourth-order valence-electron chi connectivity index (χ4n) is 3.44. The van der Waals surface area contributed by atoms with Crippen LogP contribution in [-0.4, -0.2) is 65.2 Å². The van der Waals surface area contributed by atoms with Crippen molar-refractivity contribution in [3.05, 3.63) is 66.2 Å². The summed E-state index contributed by atoms with van der Waals surface area (Å²) in [7, 11) is 0. The molecule has 7 heteroatoms. The normalized spacial score (nSPS) is 15.3. The topological polar surface area (TPSA) is 74.5 Å². The zero-order valence-electron chi connectivity index (χ0n) is 16.3. The molecule has 1 aliphatic heterocycles. The zero-order chi connectivity index (χ0) is 19.9. The van der Waals surface area contributed by atoms with E-state index in [1.54, 1.807) is 0 Å². The van der Waals surface area contributed by atoms with E-state index in [2.05, 4.69) is 49.6 Å². The second-order valence-electron chi connectivity index (χ2n) is 7.18. The summed E-state index contributed by atoms with van der Waals surface area (Å²) in [6.07, 6.45) is 1.06. The Balaban J connectivity index is 1.20. The van der Waals surface area contributed by atoms with E-state index in [9.17, 15) is 4.79 Å². The summed E-state index contributed by atoms with van der Waals surface area (Å²) in [5, 5.41) is 10.6. The Bertz CT molecular complexity index is 905. The van der Waals surface area contributed by atoms with E-state index in [0.29, 0.717) is 12.4 Å². The predicted molar refractivity (Wildman–Crippen MR) is 111 cm³/mol. The first-order valence-corrected chi connectivity index (χ1v) is 9.94. The van der Waals surface area contributed by atoms with Crippen LogP contribution in [0.3, 0.4) is 0 Å². The Morgan fingerprint density at radius 1 is 0.897 bits per heavy atom. The molecule has 0 spiro atoms. The summed E-state index contributed by atoms with van der Waals surface area (Å²) in [6.45, 7) is 5.07. The van der Waals surface area contributed by atoms with Crippen molar-refractivity contribution in [2.75, 3.05) is 44.6 Å². The van der Waals surface area contributed by atoms with Gasteiger partial charge in [0, 0.05) is 38.3 Å². The van der Waals surface area contributed by atoms with Gasteiger partial charge in [0.1, 0.15) is 0 Å². The van der Waals surface area contributed by atoms with Crippen molar-refractivity contribution >= 4 is 11.9 Å². The quantitative estimate of drug-likeness (QED) is 0.667. The molecule has 1 saturated heterocycles. The van der Waals surface area contributed by atoms with Crippen molar-refractivity contribution < 1.29 is 9.21 Å². The lowest BCUT2D eigenvalue weighted by atomic mass is 10.1. The van der Waals surface area contributed by atoms with Crippen LogP contribution in [0.15, 0.2) is 65.1 Å². The molecule has 0 saturated carbocycles. The molecular weight excluding hydrogens is 366 g/mol. The third-order valence-electron chi connectivity index (χ3n) is 5.08. The zero-order valence-corrected chi connectivity index (χ0v) is 16.3. The molecule has 1 amide bonds. The molecule has 0 aliphatic carbocycles. The predicted octanol–water partition coefficient (Wildman–Crippen LogP) is 2.54. The summed E-state index contributed by atoms with van der Waals surface area (Å²) in [6, 6.07) is 20.2. The fourth-order valence-corrected chi connectivity index (χ4v) is 3.44. The summed E-state index contributed by atoms with van der Waals surface area (Å²) in [4.78, 5) is 16.9. The Kier molecular flexibility index (Phi) is 6.29. The second-order valence-corrected chi connectivity index (χ2v) is 7.18. The van der Waals surface area contributed by atoms with Crippen molar-refractivity contribution in [3.63, 3.8) is 0 Å². The van der Waals surface area contributed by atoms with Crippen LogP contribution in [0.25, 0.3) is 11.5 Å². The van der Waals surface area contributed by atoms with E-state index in [1.165, 1.54) is 5.56 Å². The molecular formula is C22H25N5O2. The highest BCUT2D eigenvalue weighted by Crippen LogP contribution is 2.19. The van der Waals surface area contributed by atoms with E-state index in [-0.39, 0.29) is 11.9 Å². The molecule has 150 valence electrons. The van der Waals surface area contributed by atoms with Crippen LogP contribution >= 0.6 is 0 Å². The van der Waals surface area contributed by atoms with Gasteiger partial charge in [-0.25, -0.2) is 0 Å². The lowest BCUT2D eigenvalue weighted by Gasteiger charge is -2.34. The largest absolute Gasteiger partial charge is 0.403 e. The molecule has 1 aliphatic rings. The maximum Gasteiger partial charge on any atom is 0.322 e. The number of hydrogen-bond acceptors (Lipinski definition) is 6. The Labute approximate surface area is 170 Å². The number of aromatic nitrogens is 2. The van der Waals surface area contributed by atoms with E-state index in [0.717, 1.165) is 44.7 Å². The Morgan fingerprint density at radius 2 is 1.55 bits per heavy atom. The van der Waals surface area contributed by atoms with Crippen molar-refractivity contribution in [2.45, 2.75) is 6.42 Å². The highest BCUT2D eigenvalue weighted by Gasteiger charge is 2.20. The smallest absolute Gasteiger partial charge is 0.322 e. The van der Waals surface area contributed by atoms with Crippen molar-refractivity contribution in [3.8, 4) is 11.5 Å². The van der Waals surface area contributed by atoms with E-state index in [1.807, 2.05) is 36.4 Å². The maximum atomic E-state index is 12.3. The van der Waals surface area contributed by atoms with Crippen LogP contribution in [-0.2, 0) is 11.2 Å². The minimum Gasteiger partial charge on any atom is -0.403 e. The van der Waals surface area contributed by atoms with Gasteiger partial charge in [0.15, 0.2) is 0 Å². The standard InChI is InChI=1S/C22H25N5O2/c28-20(23-22-25-24-21(29-22)19-9-5-2-6-10-19)17-27-15-13-26(14-16-27)12-11-18-7-3-1-4-8-18/h1-10H,11-17H2,(H,23,25,28). The third kappa shape index (κ3) is 5.49. The molecule has 0 unspecified atom stereocenters. The number of piperazine rings is 1. The van der Waals surface area contributed by atoms with Crippen LogP contribution in [0.1, 0.15) is 5.56 Å². The first-order valence-electron chi connectivity index (χ1n) is 9.94. The van der Waals surface area contributed by atoms with Gasteiger partial charge in [-0.2, -0.15) is 0 Å². The van der Waals surface area contributed by atoms with Gasteiger partial charge in [-0.1, -0.05) is 53.6 Å². The lowest BCUT2D eigenvalue weighted by molar-refractivity contribution is -0.117. The molecule has 2 aromatic carbocycles. The highest BCUT2D eigenvalue weighted by molar-refractivity contribution is 5.90. The van der Waals surface area contributed by atoms with Crippen LogP contribution in [0.2, 0.25) is 0 Å². The third-order valence-corrected chi connectivity index (χ3v) is 5.08. The molecule has 1 N–H and O–H groups in total. The highest BCUT2D eigenvalue weighted by atomic mass is 16.4. The average molecular weight is 391 g/mol. The molecule has 7 nitrogen and oxygen atoms in total. The lowest BCUT2D eigenvalue weighted by Crippen LogP contribution is -2.49. The maximum absolute atomic E-state index is 12.3. The minimum absolute atomic E-state index is 0.133. The van der Waals surface area contributed by atoms with Crippen molar-refractivity contribution in [1.82, 2.24) is 20.0 Å². The molecule has 1 fully saturated rings. The van der Waals surface area contributed by atoms with Gasteiger partial charge in [-0.15, -0.1) is 5.10 Å². The molecule has 29 heavy (non-hydrogen) atoms. The number of hydrogen-bond donors (Lipinski definition) is 1. The van der Waals surface area contributed by atoms with Gasteiger partial charge in [0.25, 0.3) is 0 Å². The first-order chi connectivity index (χ1) is 14.3. The monoisotopic (exact) mass is 391 g/mol. The second kappa shape index (κ2) is 9.45. The summed E-state index contributed by atoms with van der Waals surface area (Å²) in [5.74, 6) is 0.263. The number of benzene rings is 2. The number of carbonyl (C=O) groups excluding carboxylic acids is 1. The summed E-state index contributed by atoms with van der Waals surface area (Å²) >= 11 is 0. The van der Waals surface area contributed by atoms with Gasteiger partial charge >= 0.3 is 6.01 Å². The fraction of sp³-hybridized carbons (Fsp3) is 0.318. The van der Waals surface area contributed by atoms with Crippen LogP contribution in [0.4, 0.5) is 6.01 Å².